The molecular weight excluding hydrogens is 206 g/mol. The lowest BCUT2D eigenvalue weighted by Gasteiger charge is -2.36. The molecule has 0 spiro atoms. The molecule has 2 N–H and O–H groups in total. The molecule has 1 aliphatic carbocycles. The van der Waals surface area contributed by atoms with Gasteiger partial charge >= 0.3 is 0 Å². The Kier molecular flexibility index (Phi) is 5.50. The maximum Gasteiger partial charge on any atom is 0.00673 e. The predicted octanol–water partition coefficient (Wildman–Crippen LogP) is 4.60. The Morgan fingerprint density at radius 3 is 2.35 bits per heavy atom. The van der Waals surface area contributed by atoms with Gasteiger partial charge in [-0.3, -0.25) is 0 Å². The van der Waals surface area contributed by atoms with Crippen LogP contribution >= 0.6 is 0 Å². The molecule has 0 heterocycles. The highest BCUT2D eigenvalue weighted by atomic mass is 14.7. The van der Waals surface area contributed by atoms with E-state index in [1.807, 2.05) is 0 Å². The van der Waals surface area contributed by atoms with E-state index in [1.54, 1.807) is 0 Å². The predicted molar refractivity (Wildman–Crippen MR) is 77.0 cm³/mol. The standard InChI is InChI=1S/C16H33N/c1-12(2)13-8-9-15(17)14(11-13)7-6-10-16(3,4)5/h12-15H,6-11,17H2,1-5H3. The second-order valence-corrected chi connectivity index (χ2v) is 7.69. The van der Waals surface area contributed by atoms with Gasteiger partial charge < -0.3 is 5.73 Å². The van der Waals surface area contributed by atoms with Crippen LogP contribution in [0.3, 0.4) is 0 Å². The quantitative estimate of drug-likeness (QED) is 0.762. The van der Waals surface area contributed by atoms with Gasteiger partial charge in [-0.25, -0.2) is 0 Å². The molecule has 0 radical (unpaired) electrons. The molecule has 1 aliphatic rings. The van der Waals surface area contributed by atoms with Crippen molar-refractivity contribution >= 4 is 0 Å². The Balaban J connectivity index is 2.35. The van der Waals surface area contributed by atoms with Gasteiger partial charge in [-0.15, -0.1) is 0 Å². The van der Waals surface area contributed by atoms with Crippen LogP contribution in [0.5, 0.6) is 0 Å². The molecule has 0 amide bonds. The average Bonchev–Trinajstić information content (AvgIpc) is 2.18. The summed E-state index contributed by atoms with van der Waals surface area (Å²) in [6, 6.07) is 0.477. The van der Waals surface area contributed by atoms with E-state index in [1.165, 1.54) is 38.5 Å². The van der Waals surface area contributed by atoms with Gasteiger partial charge in [0, 0.05) is 6.04 Å². The third-order valence-corrected chi connectivity index (χ3v) is 4.53. The second kappa shape index (κ2) is 6.22. The van der Waals surface area contributed by atoms with E-state index in [-0.39, 0.29) is 0 Å². The molecule has 0 aromatic heterocycles. The Bertz CT molecular complexity index is 214. The molecule has 1 heteroatoms. The summed E-state index contributed by atoms with van der Waals surface area (Å²) in [5, 5.41) is 0. The highest BCUT2D eigenvalue weighted by Crippen LogP contribution is 2.36. The fourth-order valence-corrected chi connectivity index (χ4v) is 3.16. The minimum absolute atomic E-state index is 0.477. The lowest BCUT2D eigenvalue weighted by Crippen LogP contribution is -2.37. The van der Waals surface area contributed by atoms with Crippen molar-refractivity contribution in [3.05, 3.63) is 0 Å². The van der Waals surface area contributed by atoms with E-state index in [2.05, 4.69) is 34.6 Å². The second-order valence-electron chi connectivity index (χ2n) is 7.69. The minimum Gasteiger partial charge on any atom is -0.327 e. The minimum atomic E-state index is 0.477. The zero-order valence-corrected chi connectivity index (χ0v) is 12.6. The zero-order valence-electron chi connectivity index (χ0n) is 12.6. The van der Waals surface area contributed by atoms with Crippen molar-refractivity contribution in [2.75, 3.05) is 0 Å². The summed E-state index contributed by atoms with van der Waals surface area (Å²) in [4.78, 5) is 0. The first kappa shape index (κ1) is 15.0. The summed E-state index contributed by atoms with van der Waals surface area (Å²) in [5.41, 5.74) is 6.77. The van der Waals surface area contributed by atoms with Crippen molar-refractivity contribution in [3.63, 3.8) is 0 Å². The highest BCUT2D eigenvalue weighted by molar-refractivity contribution is 4.84. The molecule has 1 rings (SSSR count). The van der Waals surface area contributed by atoms with Crippen molar-refractivity contribution in [1.82, 2.24) is 0 Å². The van der Waals surface area contributed by atoms with Crippen molar-refractivity contribution in [2.45, 2.75) is 79.2 Å². The highest BCUT2D eigenvalue weighted by Gasteiger charge is 2.29. The van der Waals surface area contributed by atoms with Crippen LogP contribution in [0.15, 0.2) is 0 Å². The van der Waals surface area contributed by atoms with Gasteiger partial charge in [0.25, 0.3) is 0 Å². The third-order valence-electron chi connectivity index (χ3n) is 4.53. The van der Waals surface area contributed by atoms with Gasteiger partial charge in [-0.2, -0.15) is 0 Å². The first-order valence-corrected chi connectivity index (χ1v) is 7.55. The molecule has 1 saturated carbocycles. The summed E-state index contributed by atoms with van der Waals surface area (Å²) in [6.45, 7) is 11.8. The van der Waals surface area contributed by atoms with Crippen LogP contribution in [0.4, 0.5) is 0 Å². The van der Waals surface area contributed by atoms with Crippen LogP contribution in [-0.2, 0) is 0 Å². The van der Waals surface area contributed by atoms with Crippen molar-refractivity contribution in [3.8, 4) is 0 Å². The number of nitrogens with two attached hydrogens (primary N) is 1. The monoisotopic (exact) mass is 239 g/mol. The Hall–Kier alpha value is -0.0400. The van der Waals surface area contributed by atoms with Crippen molar-refractivity contribution in [2.24, 2.45) is 28.9 Å². The molecule has 0 aliphatic heterocycles. The van der Waals surface area contributed by atoms with E-state index in [0.29, 0.717) is 11.5 Å². The maximum atomic E-state index is 6.29. The third kappa shape index (κ3) is 5.42. The van der Waals surface area contributed by atoms with Crippen LogP contribution in [-0.4, -0.2) is 6.04 Å². The van der Waals surface area contributed by atoms with Crippen LogP contribution in [0, 0.1) is 23.2 Å². The van der Waals surface area contributed by atoms with Crippen molar-refractivity contribution < 1.29 is 0 Å². The molecule has 102 valence electrons. The molecule has 1 nitrogen and oxygen atoms in total. The number of hydrogen-bond donors (Lipinski definition) is 1. The number of hydrogen-bond acceptors (Lipinski definition) is 1. The molecule has 0 aromatic rings. The lowest BCUT2D eigenvalue weighted by atomic mass is 9.72. The Morgan fingerprint density at radius 1 is 1.18 bits per heavy atom. The fourth-order valence-electron chi connectivity index (χ4n) is 3.16. The van der Waals surface area contributed by atoms with E-state index in [9.17, 15) is 0 Å². The Labute approximate surface area is 109 Å². The fraction of sp³-hybridized carbons (Fsp3) is 1.00. The lowest BCUT2D eigenvalue weighted by molar-refractivity contribution is 0.175. The van der Waals surface area contributed by atoms with Gasteiger partial charge in [-0.1, -0.05) is 41.0 Å². The van der Waals surface area contributed by atoms with E-state index >= 15 is 0 Å². The van der Waals surface area contributed by atoms with Gasteiger partial charge in [0.05, 0.1) is 0 Å². The molecular formula is C16H33N. The van der Waals surface area contributed by atoms with Gasteiger partial charge in [0.15, 0.2) is 0 Å². The summed E-state index contributed by atoms with van der Waals surface area (Å²) in [7, 11) is 0. The summed E-state index contributed by atoms with van der Waals surface area (Å²) >= 11 is 0. The molecule has 3 unspecified atom stereocenters. The first-order chi connectivity index (χ1) is 7.79. The van der Waals surface area contributed by atoms with Crippen molar-refractivity contribution in [1.29, 1.82) is 0 Å². The zero-order chi connectivity index (χ0) is 13.1. The molecule has 1 fully saturated rings. The molecule has 17 heavy (non-hydrogen) atoms. The molecule has 0 aromatic carbocycles. The SMILES string of the molecule is CC(C)C1CCC(N)C(CCCC(C)(C)C)C1. The largest absolute Gasteiger partial charge is 0.327 e. The van der Waals surface area contributed by atoms with Gasteiger partial charge in [-0.05, 0) is 55.3 Å². The Morgan fingerprint density at radius 2 is 1.82 bits per heavy atom. The molecule has 0 bridgehead atoms. The van der Waals surface area contributed by atoms with Crippen LogP contribution in [0.1, 0.15) is 73.1 Å². The van der Waals surface area contributed by atoms with E-state index < -0.39 is 0 Å². The van der Waals surface area contributed by atoms with Crippen LogP contribution < -0.4 is 5.73 Å². The summed E-state index contributed by atoms with van der Waals surface area (Å²) in [5.74, 6) is 2.56. The van der Waals surface area contributed by atoms with Crippen LogP contribution in [0.25, 0.3) is 0 Å². The summed E-state index contributed by atoms with van der Waals surface area (Å²) < 4.78 is 0. The normalized spacial score (nSPS) is 30.9. The van der Waals surface area contributed by atoms with E-state index in [4.69, 9.17) is 5.73 Å². The van der Waals surface area contributed by atoms with Gasteiger partial charge in [0.1, 0.15) is 0 Å². The van der Waals surface area contributed by atoms with Crippen LogP contribution in [0.2, 0.25) is 0 Å². The maximum absolute atomic E-state index is 6.29. The summed E-state index contributed by atoms with van der Waals surface area (Å²) in [6.07, 6.45) is 8.03. The first-order valence-electron chi connectivity index (χ1n) is 7.55. The molecule has 0 saturated heterocycles. The van der Waals surface area contributed by atoms with E-state index in [0.717, 1.165) is 17.8 Å². The van der Waals surface area contributed by atoms with Gasteiger partial charge in [0.2, 0.25) is 0 Å². The number of rotatable bonds is 4. The topological polar surface area (TPSA) is 26.0 Å². The average molecular weight is 239 g/mol. The molecule has 3 atom stereocenters. The smallest absolute Gasteiger partial charge is 0.00673 e.